The van der Waals surface area contributed by atoms with E-state index in [4.69, 9.17) is 4.74 Å². The van der Waals surface area contributed by atoms with Crippen molar-refractivity contribution in [2.24, 2.45) is 5.92 Å². The summed E-state index contributed by atoms with van der Waals surface area (Å²) in [6.07, 6.45) is 0.863. The van der Waals surface area contributed by atoms with Gasteiger partial charge in [-0.1, -0.05) is 0 Å². The Balaban J connectivity index is 2.48. The van der Waals surface area contributed by atoms with Crippen LogP contribution in [0.5, 0.6) is 0 Å². The van der Waals surface area contributed by atoms with E-state index in [1.54, 1.807) is 0 Å². The molecule has 1 fully saturated rings. The molecule has 1 saturated heterocycles. The van der Waals surface area contributed by atoms with E-state index in [1.165, 1.54) is 0 Å². The Morgan fingerprint density at radius 3 is 2.36 bits per heavy atom. The number of nitrogens with one attached hydrogen (secondary N) is 1. The van der Waals surface area contributed by atoms with Gasteiger partial charge in [-0.25, -0.2) is 0 Å². The molecule has 0 aromatic heterocycles. The van der Waals surface area contributed by atoms with E-state index in [-0.39, 0.29) is 23.0 Å². The summed E-state index contributed by atoms with van der Waals surface area (Å²) in [4.78, 5) is 11.7. The lowest BCUT2D eigenvalue weighted by atomic mass is 9.97. The highest BCUT2D eigenvalue weighted by molar-refractivity contribution is 5.73. The Bertz CT molecular complexity index is 228. The number of rotatable bonds is 1. The van der Waals surface area contributed by atoms with Gasteiger partial charge in [0.2, 0.25) is 0 Å². The predicted octanol–water partition coefficient (Wildman–Crippen LogP) is 1.72. The fourth-order valence-corrected chi connectivity index (χ4v) is 1.71. The molecule has 1 rings (SSSR count). The molecule has 0 saturated carbocycles. The normalized spacial score (nSPS) is 26.2. The topological polar surface area (TPSA) is 38.3 Å². The largest absolute Gasteiger partial charge is 0.460 e. The van der Waals surface area contributed by atoms with Crippen molar-refractivity contribution < 1.29 is 9.53 Å². The average Bonchev–Trinajstić information content (AvgIpc) is 2.26. The summed E-state index contributed by atoms with van der Waals surface area (Å²) >= 11 is 0. The number of hydrogen-bond donors (Lipinski definition) is 1. The first-order chi connectivity index (χ1) is 6.20. The van der Waals surface area contributed by atoms with Gasteiger partial charge in [-0.05, 0) is 41.0 Å². The van der Waals surface area contributed by atoms with Gasteiger partial charge in [0.15, 0.2) is 0 Å². The van der Waals surface area contributed by atoms with Crippen LogP contribution in [-0.2, 0) is 9.53 Å². The first-order valence-electron chi connectivity index (χ1n) is 5.17. The summed E-state index contributed by atoms with van der Waals surface area (Å²) in [6.45, 7) is 10.7. The highest BCUT2D eigenvalue weighted by Crippen LogP contribution is 2.25. The minimum Gasteiger partial charge on any atom is -0.460 e. The van der Waals surface area contributed by atoms with Crippen molar-refractivity contribution in [3.63, 3.8) is 0 Å². The molecule has 0 spiro atoms. The Morgan fingerprint density at radius 1 is 1.43 bits per heavy atom. The lowest BCUT2D eigenvalue weighted by Crippen LogP contribution is -2.31. The number of carbonyl (C=O) groups is 1. The van der Waals surface area contributed by atoms with E-state index in [9.17, 15) is 4.79 Å². The lowest BCUT2D eigenvalue weighted by molar-refractivity contribution is -0.159. The van der Waals surface area contributed by atoms with E-state index >= 15 is 0 Å². The van der Waals surface area contributed by atoms with Gasteiger partial charge in [-0.3, -0.25) is 4.79 Å². The molecule has 14 heavy (non-hydrogen) atoms. The van der Waals surface area contributed by atoms with Gasteiger partial charge in [0, 0.05) is 12.1 Å². The maximum Gasteiger partial charge on any atom is 0.310 e. The second-order valence-electron chi connectivity index (χ2n) is 5.70. The van der Waals surface area contributed by atoms with Gasteiger partial charge >= 0.3 is 5.97 Å². The van der Waals surface area contributed by atoms with Crippen molar-refractivity contribution in [1.82, 2.24) is 5.32 Å². The Kier molecular flexibility index (Phi) is 2.91. The SMILES string of the molecule is CC1(C)CC(C(=O)OC(C)(C)C)CN1. The van der Waals surface area contributed by atoms with Gasteiger partial charge in [-0.15, -0.1) is 0 Å². The minimum absolute atomic E-state index is 0.0178. The molecule has 1 aliphatic rings. The number of ether oxygens (including phenoxy) is 1. The zero-order valence-corrected chi connectivity index (χ0v) is 9.81. The van der Waals surface area contributed by atoms with Crippen molar-refractivity contribution in [2.75, 3.05) is 6.54 Å². The number of hydrogen-bond acceptors (Lipinski definition) is 3. The average molecular weight is 199 g/mol. The molecule has 0 bridgehead atoms. The minimum atomic E-state index is -0.371. The van der Waals surface area contributed by atoms with Gasteiger partial charge in [0.05, 0.1) is 5.92 Å². The molecule has 0 aromatic carbocycles. The fraction of sp³-hybridized carbons (Fsp3) is 0.909. The lowest BCUT2D eigenvalue weighted by Gasteiger charge is -2.22. The molecule has 1 aliphatic heterocycles. The van der Waals surface area contributed by atoms with Crippen LogP contribution >= 0.6 is 0 Å². The maximum atomic E-state index is 11.7. The Hall–Kier alpha value is -0.570. The van der Waals surface area contributed by atoms with Gasteiger partial charge in [0.1, 0.15) is 5.60 Å². The molecule has 0 amide bonds. The van der Waals surface area contributed by atoms with E-state index in [0.29, 0.717) is 0 Å². The summed E-state index contributed by atoms with van der Waals surface area (Å²) in [7, 11) is 0. The second-order valence-corrected chi connectivity index (χ2v) is 5.70. The highest BCUT2D eigenvalue weighted by atomic mass is 16.6. The molecular weight excluding hydrogens is 178 g/mol. The molecule has 0 aliphatic carbocycles. The standard InChI is InChI=1S/C11H21NO2/c1-10(2,3)14-9(13)8-6-11(4,5)12-7-8/h8,12H,6-7H2,1-5H3. The smallest absolute Gasteiger partial charge is 0.310 e. The molecule has 0 radical (unpaired) electrons. The Labute approximate surface area is 86.2 Å². The van der Waals surface area contributed by atoms with E-state index < -0.39 is 0 Å². The molecule has 82 valence electrons. The molecule has 3 nitrogen and oxygen atoms in total. The van der Waals surface area contributed by atoms with Crippen LogP contribution in [0.3, 0.4) is 0 Å². The van der Waals surface area contributed by atoms with Crippen LogP contribution in [0.25, 0.3) is 0 Å². The van der Waals surface area contributed by atoms with Gasteiger partial charge in [-0.2, -0.15) is 0 Å². The summed E-state index contributed by atoms with van der Waals surface area (Å²) in [6, 6.07) is 0. The van der Waals surface area contributed by atoms with E-state index in [1.807, 2.05) is 20.8 Å². The molecular formula is C11H21NO2. The molecule has 1 N–H and O–H groups in total. The van der Waals surface area contributed by atoms with Crippen molar-refractivity contribution in [3.8, 4) is 0 Å². The maximum absolute atomic E-state index is 11.7. The number of esters is 1. The van der Waals surface area contributed by atoms with Crippen molar-refractivity contribution >= 4 is 5.97 Å². The fourth-order valence-electron chi connectivity index (χ4n) is 1.71. The highest BCUT2D eigenvalue weighted by Gasteiger charge is 2.36. The zero-order chi connectivity index (χ0) is 11.0. The van der Waals surface area contributed by atoms with Crippen LogP contribution in [0.1, 0.15) is 41.0 Å². The molecule has 1 atom stereocenters. The zero-order valence-electron chi connectivity index (χ0n) is 9.81. The first kappa shape index (κ1) is 11.5. The van der Waals surface area contributed by atoms with Crippen LogP contribution in [0.4, 0.5) is 0 Å². The third kappa shape index (κ3) is 3.29. The van der Waals surface area contributed by atoms with E-state index in [0.717, 1.165) is 13.0 Å². The van der Waals surface area contributed by atoms with Crippen LogP contribution in [0.15, 0.2) is 0 Å². The number of carbonyl (C=O) groups excluding carboxylic acids is 1. The molecule has 1 heterocycles. The van der Waals surface area contributed by atoms with Crippen LogP contribution in [0, 0.1) is 5.92 Å². The summed E-state index contributed by atoms with van der Waals surface area (Å²) < 4.78 is 5.34. The van der Waals surface area contributed by atoms with Crippen LogP contribution in [-0.4, -0.2) is 23.7 Å². The third-order valence-corrected chi connectivity index (χ3v) is 2.32. The van der Waals surface area contributed by atoms with Crippen molar-refractivity contribution in [3.05, 3.63) is 0 Å². The van der Waals surface area contributed by atoms with Crippen LogP contribution in [0.2, 0.25) is 0 Å². The monoisotopic (exact) mass is 199 g/mol. The quantitative estimate of drug-likeness (QED) is 0.653. The summed E-state index contributed by atoms with van der Waals surface area (Å²) in [5, 5.41) is 3.31. The Morgan fingerprint density at radius 2 is 2.00 bits per heavy atom. The molecule has 1 unspecified atom stereocenters. The van der Waals surface area contributed by atoms with E-state index in [2.05, 4.69) is 19.2 Å². The van der Waals surface area contributed by atoms with Gasteiger partial charge < -0.3 is 10.1 Å². The van der Waals surface area contributed by atoms with Gasteiger partial charge in [0.25, 0.3) is 0 Å². The summed E-state index contributed by atoms with van der Waals surface area (Å²) in [5.74, 6) is -0.0557. The van der Waals surface area contributed by atoms with Crippen molar-refractivity contribution in [2.45, 2.75) is 52.2 Å². The van der Waals surface area contributed by atoms with Crippen molar-refractivity contribution in [1.29, 1.82) is 0 Å². The molecule has 3 heteroatoms. The predicted molar refractivity (Wildman–Crippen MR) is 56.0 cm³/mol. The van der Waals surface area contributed by atoms with Crippen LogP contribution < -0.4 is 5.32 Å². The third-order valence-electron chi connectivity index (χ3n) is 2.32. The summed E-state index contributed by atoms with van der Waals surface area (Å²) in [5.41, 5.74) is -0.300. The molecule has 0 aromatic rings. The second kappa shape index (κ2) is 3.54. The first-order valence-corrected chi connectivity index (χ1v) is 5.17.